The van der Waals surface area contributed by atoms with Crippen molar-refractivity contribution < 1.29 is 80.2 Å². The van der Waals surface area contributed by atoms with Crippen molar-refractivity contribution in [2.45, 2.75) is 530 Å². The zero-order chi connectivity index (χ0) is 84.5. The number of aliphatic hydroxyl groups is 1. The number of aliphatic hydroxyl groups excluding tert-OH is 1. The first-order valence-electron chi connectivity index (χ1n) is 49.3. The van der Waals surface area contributed by atoms with Gasteiger partial charge in [0.05, 0.1) is 26.4 Å². The van der Waals surface area contributed by atoms with E-state index in [9.17, 15) is 43.2 Å². The normalized spacial score (nSPS) is 14.5. The van der Waals surface area contributed by atoms with Gasteiger partial charge in [-0.3, -0.25) is 37.3 Å². The molecule has 0 fully saturated rings. The number of carbonyl (C=O) groups excluding carboxylic acids is 4. The number of phosphoric ester groups is 2. The lowest BCUT2D eigenvalue weighted by atomic mass is 9.99. The van der Waals surface area contributed by atoms with Crippen molar-refractivity contribution in [2.24, 2.45) is 23.7 Å². The topological polar surface area (TPSA) is 237 Å². The highest BCUT2D eigenvalue weighted by Crippen LogP contribution is 2.45. The Balaban J connectivity index is 5.21. The molecule has 0 aliphatic carbocycles. The Morgan fingerprint density at radius 3 is 0.617 bits per heavy atom. The average molecular weight is 1680 g/mol. The van der Waals surface area contributed by atoms with Gasteiger partial charge in [-0.05, 0) is 49.4 Å². The molecule has 0 amide bonds. The van der Waals surface area contributed by atoms with E-state index in [0.717, 1.165) is 120 Å². The fourth-order valence-corrected chi connectivity index (χ4v) is 16.6. The minimum atomic E-state index is -4.97. The molecule has 0 heterocycles. The first-order valence-corrected chi connectivity index (χ1v) is 52.3. The summed E-state index contributed by atoms with van der Waals surface area (Å²) in [5.74, 6) is 1.20. The first kappa shape index (κ1) is 113. The monoisotopic (exact) mass is 1680 g/mol. The minimum absolute atomic E-state index is 0.107. The molecule has 0 rings (SSSR count). The molecule has 0 aliphatic rings. The molecular formula is C96H188O17P2. The quantitative estimate of drug-likeness (QED) is 0.0222. The molecule has 17 nitrogen and oxygen atoms in total. The van der Waals surface area contributed by atoms with E-state index < -0.39 is 97.5 Å². The SMILES string of the molecule is CCC(C)CCCCCCCCCCCCCCCCCCCCC(=O)O[C@H](COC(=O)CCCCCCCCCCCCCCCCCCCCC(C)C)COP(=O)(O)OC[C@@H](O)COP(=O)(O)OC[C@@H](COC(=O)CCCCCCCCC(C)CC)OC(=O)CCCCCCCCCCCCCCCCCCCCC(C)CC. The van der Waals surface area contributed by atoms with Gasteiger partial charge in [-0.1, -0.05) is 460 Å². The van der Waals surface area contributed by atoms with Gasteiger partial charge in [-0.2, -0.15) is 0 Å². The molecule has 0 aromatic rings. The smallest absolute Gasteiger partial charge is 0.462 e. The van der Waals surface area contributed by atoms with Crippen LogP contribution in [0.15, 0.2) is 0 Å². The summed E-state index contributed by atoms with van der Waals surface area (Å²) in [4.78, 5) is 73.5. The van der Waals surface area contributed by atoms with Crippen LogP contribution in [0.4, 0.5) is 0 Å². The minimum Gasteiger partial charge on any atom is -0.462 e. The average Bonchev–Trinajstić information content (AvgIpc) is 0.901. The van der Waals surface area contributed by atoms with Crippen LogP contribution in [0.1, 0.15) is 511 Å². The van der Waals surface area contributed by atoms with Gasteiger partial charge >= 0.3 is 39.5 Å². The molecule has 19 heteroatoms. The maximum absolute atomic E-state index is 13.2. The van der Waals surface area contributed by atoms with E-state index in [4.69, 9.17) is 37.0 Å². The van der Waals surface area contributed by atoms with Gasteiger partial charge in [0.25, 0.3) is 0 Å². The molecule has 0 aromatic carbocycles. The third kappa shape index (κ3) is 85.4. The molecular weight excluding hydrogens is 1490 g/mol. The lowest BCUT2D eigenvalue weighted by Gasteiger charge is -2.21. The van der Waals surface area contributed by atoms with Crippen LogP contribution in [0, 0.1) is 23.7 Å². The number of hydrogen-bond acceptors (Lipinski definition) is 15. The highest BCUT2D eigenvalue weighted by Gasteiger charge is 2.31. The van der Waals surface area contributed by atoms with Crippen LogP contribution in [0.5, 0.6) is 0 Å². The van der Waals surface area contributed by atoms with Gasteiger partial charge in [0.2, 0.25) is 0 Å². The van der Waals surface area contributed by atoms with Crippen molar-refractivity contribution in [2.75, 3.05) is 39.6 Å². The largest absolute Gasteiger partial charge is 0.472 e. The molecule has 5 unspecified atom stereocenters. The summed E-state index contributed by atoms with van der Waals surface area (Å²) in [6, 6.07) is 0. The van der Waals surface area contributed by atoms with Crippen molar-refractivity contribution >= 4 is 39.5 Å². The van der Waals surface area contributed by atoms with Crippen molar-refractivity contribution in [1.29, 1.82) is 0 Å². The van der Waals surface area contributed by atoms with Gasteiger partial charge in [0.15, 0.2) is 12.2 Å². The van der Waals surface area contributed by atoms with E-state index in [-0.39, 0.29) is 25.7 Å². The van der Waals surface area contributed by atoms with Crippen LogP contribution in [-0.2, 0) is 65.4 Å². The Morgan fingerprint density at radius 1 is 0.243 bits per heavy atom. The molecule has 0 saturated heterocycles. The Labute approximate surface area is 708 Å². The summed E-state index contributed by atoms with van der Waals surface area (Å²) < 4.78 is 69.2. The second-order valence-electron chi connectivity index (χ2n) is 35.7. The molecule has 0 spiro atoms. The highest BCUT2D eigenvalue weighted by atomic mass is 31.2. The van der Waals surface area contributed by atoms with Crippen molar-refractivity contribution in [3.63, 3.8) is 0 Å². The van der Waals surface area contributed by atoms with Crippen LogP contribution in [0.2, 0.25) is 0 Å². The van der Waals surface area contributed by atoms with Gasteiger partial charge in [0, 0.05) is 25.7 Å². The second-order valence-corrected chi connectivity index (χ2v) is 38.6. The van der Waals surface area contributed by atoms with E-state index >= 15 is 0 Å². The summed E-state index contributed by atoms with van der Waals surface area (Å²) in [5.41, 5.74) is 0. The van der Waals surface area contributed by atoms with Crippen molar-refractivity contribution in [3.05, 3.63) is 0 Å². The standard InChI is InChI=1S/C96H188O17P2/c1-9-87(6)73-65-57-49-43-37-31-25-19-13-16-22-28-34-40-46-52-62-70-78-95(100)112-91(82-106-93(98)76-68-60-51-45-39-33-27-21-15-12-18-24-30-36-42-48-56-64-72-86(4)5)84-110-114(102,103)108-80-90(97)81-109-115(104,105)111-85-92(83-107-94(99)77-69-61-55-54-59-67-75-89(8)11-3)113-96(101)79-71-63-53-47-41-35-29-23-17-14-20-26-32-38-44-50-58-66-74-88(7)10-2/h86-92,97H,9-85H2,1-8H3,(H,102,103)(H,104,105)/t87?,88?,89?,90-,91-,92-/m1/s1. The lowest BCUT2D eigenvalue weighted by molar-refractivity contribution is -0.161. The highest BCUT2D eigenvalue weighted by molar-refractivity contribution is 7.47. The summed E-state index contributed by atoms with van der Waals surface area (Å²) in [5, 5.41) is 10.7. The number of ether oxygens (including phenoxy) is 4. The lowest BCUT2D eigenvalue weighted by Crippen LogP contribution is -2.30. The van der Waals surface area contributed by atoms with Crippen LogP contribution in [-0.4, -0.2) is 96.7 Å². The number of phosphoric acid groups is 2. The van der Waals surface area contributed by atoms with Gasteiger partial charge in [-0.25, -0.2) is 9.13 Å². The molecule has 0 bridgehead atoms. The zero-order valence-electron chi connectivity index (χ0n) is 76.4. The predicted molar refractivity (Wildman–Crippen MR) is 478 cm³/mol. The molecule has 8 atom stereocenters. The Kier molecular flexibility index (Phi) is 82.9. The van der Waals surface area contributed by atoms with E-state index in [1.807, 2.05) is 0 Å². The van der Waals surface area contributed by atoms with E-state index in [2.05, 4.69) is 55.4 Å². The van der Waals surface area contributed by atoms with Crippen LogP contribution in [0.25, 0.3) is 0 Å². The number of rotatable bonds is 93. The summed E-state index contributed by atoms with van der Waals surface area (Å²) in [7, 11) is -9.94. The molecule has 0 aliphatic heterocycles. The summed E-state index contributed by atoms with van der Waals surface area (Å²) >= 11 is 0. The predicted octanol–water partition coefficient (Wildman–Crippen LogP) is 29.8. The zero-order valence-corrected chi connectivity index (χ0v) is 78.2. The molecule has 3 N–H and O–H groups in total. The molecule has 115 heavy (non-hydrogen) atoms. The maximum atomic E-state index is 13.2. The fourth-order valence-electron chi connectivity index (χ4n) is 15.0. The number of unbranched alkanes of at least 4 members (excludes halogenated alkanes) is 56. The molecule has 0 radical (unpaired) electrons. The third-order valence-electron chi connectivity index (χ3n) is 23.7. The van der Waals surface area contributed by atoms with Crippen molar-refractivity contribution in [3.8, 4) is 0 Å². The Morgan fingerprint density at radius 2 is 0.417 bits per heavy atom. The summed E-state index contributed by atoms with van der Waals surface area (Å²) in [6.07, 6.45) is 78.0. The number of hydrogen-bond donors (Lipinski definition) is 3. The molecule has 0 saturated carbocycles. The second kappa shape index (κ2) is 84.3. The Bertz CT molecular complexity index is 2220. The Hall–Kier alpha value is -1.94. The third-order valence-corrected chi connectivity index (χ3v) is 25.6. The van der Waals surface area contributed by atoms with Crippen LogP contribution >= 0.6 is 15.6 Å². The first-order chi connectivity index (χ1) is 55.7. The van der Waals surface area contributed by atoms with Gasteiger partial charge < -0.3 is 33.8 Å². The van der Waals surface area contributed by atoms with E-state index in [1.54, 1.807) is 0 Å². The van der Waals surface area contributed by atoms with Crippen LogP contribution in [0.3, 0.4) is 0 Å². The number of esters is 4. The fraction of sp³-hybridized carbons (Fsp3) is 0.958. The van der Waals surface area contributed by atoms with Gasteiger partial charge in [-0.15, -0.1) is 0 Å². The van der Waals surface area contributed by atoms with Gasteiger partial charge in [0.1, 0.15) is 19.3 Å². The van der Waals surface area contributed by atoms with E-state index in [1.165, 1.54) is 308 Å². The molecule has 0 aromatic heterocycles. The van der Waals surface area contributed by atoms with Crippen LogP contribution < -0.4 is 0 Å². The van der Waals surface area contributed by atoms with Crippen molar-refractivity contribution in [1.82, 2.24) is 0 Å². The summed E-state index contributed by atoms with van der Waals surface area (Å²) in [6.45, 7) is 14.5. The molecule has 684 valence electrons. The maximum Gasteiger partial charge on any atom is 0.472 e. The number of carbonyl (C=O) groups is 4. The van der Waals surface area contributed by atoms with E-state index in [0.29, 0.717) is 25.7 Å².